The van der Waals surface area contributed by atoms with Gasteiger partial charge in [0.05, 0.1) is 31.1 Å². The van der Waals surface area contributed by atoms with Gasteiger partial charge in [0.1, 0.15) is 17.0 Å². The Bertz CT molecular complexity index is 1060. The molecular weight excluding hydrogens is 430 g/mol. The summed E-state index contributed by atoms with van der Waals surface area (Å²) in [6.07, 6.45) is 0. The molecule has 1 aliphatic rings. The van der Waals surface area contributed by atoms with Crippen LogP contribution in [0.5, 0.6) is 17.6 Å². The average Bonchev–Trinajstić information content (AvgIpc) is 3.25. The fraction of sp³-hybridized carbons (Fsp3) is 0.368. The minimum Gasteiger partial charge on any atom is -0.494 e. The van der Waals surface area contributed by atoms with E-state index < -0.39 is 0 Å². The van der Waals surface area contributed by atoms with Crippen molar-refractivity contribution in [3.63, 3.8) is 0 Å². The topological polar surface area (TPSA) is 89.9 Å². The van der Waals surface area contributed by atoms with Crippen LogP contribution in [0, 0.1) is 0 Å². The highest BCUT2D eigenvalue weighted by Crippen LogP contribution is 2.38. The fourth-order valence-corrected chi connectivity index (χ4v) is 4.52. The van der Waals surface area contributed by atoms with Crippen LogP contribution in [-0.2, 0) is 0 Å². The van der Waals surface area contributed by atoms with Gasteiger partial charge in [-0.25, -0.2) is 4.98 Å². The van der Waals surface area contributed by atoms with Gasteiger partial charge in [0.2, 0.25) is 5.88 Å². The third-order valence-corrected chi connectivity index (χ3v) is 6.37. The molecule has 1 aliphatic heterocycles. The van der Waals surface area contributed by atoms with Crippen molar-refractivity contribution in [2.75, 3.05) is 52.4 Å². The maximum atomic E-state index is 12.9. The first-order valence-electron chi connectivity index (χ1n) is 9.18. The van der Waals surface area contributed by atoms with Crippen molar-refractivity contribution in [1.29, 1.82) is 0 Å². The summed E-state index contributed by atoms with van der Waals surface area (Å²) in [6, 6.07) is 5.23. The number of rotatable bonds is 5. The van der Waals surface area contributed by atoms with Crippen LogP contribution in [0.25, 0.3) is 10.2 Å². The van der Waals surface area contributed by atoms with Crippen molar-refractivity contribution in [2.45, 2.75) is 0 Å². The molecule has 9 nitrogen and oxygen atoms in total. The molecule has 1 saturated heterocycles. The van der Waals surface area contributed by atoms with E-state index in [1.807, 2.05) is 12.1 Å². The van der Waals surface area contributed by atoms with Gasteiger partial charge in [-0.2, -0.15) is 9.97 Å². The molecule has 0 unspecified atom stereocenters. The monoisotopic (exact) mass is 449 g/mol. The highest BCUT2D eigenvalue weighted by atomic mass is 35.5. The van der Waals surface area contributed by atoms with E-state index in [1.54, 1.807) is 12.0 Å². The second-order valence-corrected chi connectivity index (χ2v) is 7.87. The Kier molecular flexibility index (Phi) is 5.78. The van der Waals surface area contributed by atoms with E-state index >= 15 is 0 Å². The molecule has 0 spiro atoms. The summed E-state index contributed by atoms with van der Waals surface area (Å²) >= 11 is 7.85. The van der Waals surface area contributed by atoms with Gasteiger partial charge in [0.15, 0.2) is 5.13 Å². The molecule has 4 rings (SSSR count). The number of halogens is 1. The molecule has 1 amide bonds. The number of carbonyl (C=O) groups excluding carboxylic acids is 1. The zero-order valence-corrected chi connectivity index (χ0v) is 18.3. The molecule has 30 heavy (non-hydrogen) atoms. The van der Waals surface area contributed by atoms with Gasteiger partial charge >= 0.3 is 6.01 Å². The lowest BCUT2D eigenvalue weighted by atomic mass is 10.2. The van der Waals surface area contributed by atoms with Crippen molar-refractivity contribution in [2.24, 2.45) is 0 Å². The highest BCUT2D eigenvalue weighted by Gasteiger charge is 2.26. The molecule has 2 aromatic heterocycles. The smallest absolute Gasteiger partial charge is 0.320 e. The molecule has 3 aromatic rings. The number of carbonyl (C=O) groups is 1. The number of thiazole rings is 1. The Hall–Kier alpha value is -2.85. The number of hydrogen-bond acceptors (Lipinski definition) is 9. The number of fused-ring (bicyclic) bond motifs is 1. The lowest BCUT2D eigenvalue weighted by Crippen LogP contribution is -2.49. The van der Waals surface area contributed by atoms with Gasteiger partial charge in [-0.3, -0.25) is 4.79 Å². The van der Waals surface area contributed by atoms with Gasteiger partial charge < -0.3 is 24.0 Å². The third kappa shape index (κ3) is 3.80. The number of benzene rings is 1. The fourth-order valence-electron chi connectivity index (χ4n) is 3.21. The van der Waals surface area contributed by atoms with Crippen molar-refractivity contribution in [1.82, 2.24) is 19.9 Å². The number of anilines is 1. The van der Waals surface area contributed by atoms with Crippen molar-refractivity contribution in [3.05, 3.63) is 28.9 Å². The number of nitrogens with zero attached hydrogens (tertiary/aromatic N) is 5. The summed E-state index contributed by atoms with van der Waals surface area (Å²) in [4.78, 5) is 29.7. The first kappa shape index (κ1) is 20.4. The number of methoxy groups -OCH3 is 3. The number of ether oxygens (including phenoxy) is 3. The molecule has 0 bridgehead atoms. The lowest BCUT2D eigenvalue weighted by Gasteiger charge is -2.34. The van der Waals surface area contributed by atoms with Crippen LogP contribution < -0.4 is 19.1 Å². The molecule has 0 atom stereocenters. The largest absolute Gasteiger partial charge is 0.494 e. The first-order valence-corrected chi connectivity index (χ1v) is 10.4. The van der Waals surface area contributed by atoms with Crippen LogP contribution in [0.3, 0.4) is 0 Å². The molecule has 1 aromatic carbocycles. The molecule has 0 radical (unpaired) electrons. The van der Waals surface area contributed by atoms with Crippen molar-refractivity contribution >= 4 is 44.2 Å². The van der Waals surface area contributed by atoms with E-state index in [0.717, 1.165) is 15.3 Å². The summed E-state index contributed by atoms with van der Waals surface area (Å²) in [5.74, 6) is 0.782. The Labute approximate surface area is 182 Å². The van der Waals surface area contributed by atoms with Crippen molar-refractivity contribution < 1.29 is 19.0 Å². The van der Waals surface area contributed by atoms with Crippen LogP contribution in [0.2, 0.25) is 5.02 Å². The van der Waals surface area contributed by atoms with Gasteiger partial charge in [-0.15, -0.1) is 0 Å². The molecule has 1 fully saturated rings. The van der Waals surface area contributed by atoms with E-state index in [-0.39, 0.29) is 23.5 Å². The maximum Gasteiger partial charge on any atom is 0.320 e. The summed E-state index contributed by atoms with van der Waals surface area (Å²) in [5.41, 5.74) is 0.993. The van der Waals surface area contributed by atoms with Gasteiger partial charge in [-0.05, 0) is 12.1 Å². The second kappa shape index (κ2) is 8.49. The Morgan fingerprint density at radius 2 is 1.80 bits per heavy atom. The van der Waals surface area contributed by atoms with E-state index in [0.29, 0.717) is 37.0 Å². The lowest BCUT2D eigenvalue weighted by molar-refractivity contribution is 0.0739. The van der Waals surface area contributed by atoms with Crippen LogP contribution in [0.1, 0.15) is 10.5 Å². The SMILES string of the molecule is COc1cc(C(=O)N2CCN(c3nc4c(OC)ccc(Cl)c4s3)CC2)nc(OC)n1. The van der Waals surface area contributed by atoms with Crippen molar-refractivity contribution in [3.8, 4) is 17.6 Å². The summed E-state index contributed by atoms with van der Waals surface area (Å²) in [7, 11) is 4.54. The highest BCUT2D eigenvalue weighted by molar-refractivity contribution is 7.22. The van der Waals surface area contributed by atoms with Gasteiger partial charge in [0, 0.05) is 32.2 Å². The Morgan fingerprint density at radius 1 is 1.03 bits per heavy atom. The molecule has 11 heteroatoms. The van der Waals surface area contributed by atoms with Gasteiger partial charge in [0.25, 0.3) is 5.91 Å². The minimum absolute atomic E-state index is 0.0941. The Morgan fingerprint density at radius 3 is 2.47 bits per heavy atom. The van der Waals surface area contributed by atoms with E-state index in [2.05, 4.69) is 14.9 Å². The second-order valence-electron chi connectivity index (χ2n) is 6.49. The molecular formula is C19H20ClN5O4S. The van der Waals surface area contributed by atoms with E-state index in [9.17, 15) is 4.79 Å². The molecule has 3 heterocycles. The summed E-state index contributed by atoms with van der Waals surface area (Å²) in [6.45, 7) is 2.36. The number of aromatic nitrogens is 3. The van der Waals surface area contributed by atoms with Crippen LogP contribution >= 0.6 is 22.9 Å². The predicted molar refractivity (Wildman–Crippen MR) is 114 cm³/mol. The minimum atomic E-state index is -0.192. The average molecular weight is 450 g/mol. The standard InChI is InChI=1S/C19H20ClN5O4S/c1-27-13-5-4-11(20)16-15(13)23-19(30-16)25-8-6-24(7-9-25)17(26)12-10-14(28-2)22-18(21-12)29-3/h4-5,10H,6-9H2,1-3H3. The number of hydrogen-bond donors (Lipinski definition) is 0. The van der Waals surface area contributed by atoms with E-state index in [4.69, 9.17) is 30.8 Å². The third-order valence-electron chi connectivity index (χ3n) is 4.80. The van der Waals surface area contributed by atoms with Crippen LogP contribution in [0.4, 0.5) is 5.13 Å². The van der Waals surface area contributed by atoms with Crippen LogP contribution in [-0.4, -0.2) is 73.3 Å². The zero-order valence-electron chi connectivity index (χ0n) is 16.7. The number of piperazine rings is 1. The molecule has 158 valence electrons. The number of amides is 1. The Balaban J connectivity index is 1.50. The van der Waals surface area contributed by atoms with E-state index in [1.165, 1.54) is 31.6 Å². The first-order chi connectivity index (χ1) is 14.5. The predicted octanol–water partition coefficient (Wildman–Crippen LogP) is 2.73. The van der Waals surface area contributed by atoms with Gasteiger partial charge in [-0.1, -0.05) is 22.9 Å². The maximum absolute atomic E-state index is 12.9. The summed E-state index contributed by atoms with van der Waals surface area (Å²) in [5, 5.41) is 1.50. The zero-order chi connectivity index (χ0) is 21.3. The summed E-state index contributed by atoms with van der Waals surface area (Å²) < 4.78 is 16.5. The quantitative estimate of drug-likeness (QED) is 0.587. The normalized spacial score (nSPS) is 14.1. The molecule has 0 saturated carbocycles. The molecule has 0 N–H and O–H groups in total. The van der Waals surface area contributed by atoms with Crippen LogP contribution in [0.15, 0.2) is 18.2 Å². The molecule has 0 aliphatic carbocycles.